The normalized spacial score (nSPS) is 10.4. The summed E-state index contributed by atoms with van der Waals surface area (Å²) in [5, 5.41) is 6.98. The van der Waals surface area contributed by atoms with Gasteiger partial charge in [0.2, 0.25) is 5.89 Å². The lowest BCUT2D eigenvalue weighted by Gasteiger charge is -2.11. The molecule has 1 N–H and O–H groups in total. The Morgan fingerprint density at radius 2 is 2.17 bits per heavy atom. The zero-order valence-electron chi connectivity index (χ0n) is 10.9. The van der Waals surface area contributed by atoms with Crippen molar-refractivity contribution in [2.75, 3.05) is 11.9 Å². The molecular weight excluding hydrogens is 230 g/mol. The molecule has 2 aromatic rings. The minimum atomic E-state index is 0.490. The van der Waals surface area contributed by atoms with Gasteiger partial charge >= 0.3 is 0 Å². The van der Waals surface area contributed by atoms with Crippen molar-refractivity contribution in [2.45, 2.75) is 27.3 Å². The quantitative estimate of drug-likeness (QED) is 0.880. The van der Waals surface area contributed by atoms with Crippen LogP contribution in [0.4, 0.5) is 5.69 Å². The summed E-state index contributed by atoms with van der Waals surface area (Å²) in [5.74, 6) is 2.05. The van der Waals surface area contributed by atoms with Gasteiger partial charge in [0.15, 0.2) is 5.82 Å². The summed E-state index contributed by atoms with van der Waals surface area (Å²) in [6, 6.07) is 6.03. The highest BCUT2D eigenvalue weighted by atomic mass is 16.5. The minimum absolute atomic E-state index is 0.490. The van der Waals surface area contributed by atoms with E-state index in [9.17, 15) is 0 Å². The van der Waals surface area contributed by atoms with E-state index in [-0.39, 0.29) is 0 Å². The van der Waals surface area contributed by atoms with Gasteiger partial charge in [-0.3, -0.25) is 0 Å². The Bertz CT molecular complexity index is 523. The molecule has 96 valence electrons. The van der Waals surface area contributed by atoms with Gasteiger partial charge in [-0.05, 0) is 38.5 Å². The molecule has 0 fully saturated rings. The number of aryl methyl sites for hydroxylation is 2. The van der Waals surface area contributed by atoms with Crippen molar-refractivity contribution in [3.63, 3.8) is 0 Å². The first-order valence-corrected chi connectivity index (χ1v) is 5.95. The van der Waals surface area contributed by atoms with Gasteiger partial charge in [0, 0.05) is 0 Å². The Kier molecular flexibility index (Phi) is 3.82. The Morgan fingerprint density at radius 3 is 2.83 bits per heavy atom. The van der Waals surface area contributed by atoms with Crippen LogP contribution >= 0.6 is 0 Å². The van der Waals surface area contributed by atoms with Crippen LogP contribution in [0.3, 0.4) is 0 Å². The second-order valence-electron chi connectivity index (χ2n) is 4.02. The molecule has 0 aliphatic carbocycles. The van der Waals surface area contributed by atoms with Crippen LogP contribution in [0.15, 0.2) is 22.7 Å². The lowest BCUT2D eigenvalue weighted by molar-refractivity contribution is 0.341. The molecule has 1 aromatic heterocycles. The van der Waals surface area contributed by atoms with Gasteiger partial charge in [-0.25, -0.2) is 0 Å². The molecule has 5 nitrogen and oxygen atoms in total. The van der Waals surface area contributed by atoms with Gasteiger partial charge in [-0.15, -0.1) is 0 Å². The lowest BCUT2D eigenvalue weighted by atomic mass is 10.2. The molecule has 1 aromatic carbocycles. The summed E-state index contributed by atoms with van der Waals surface area (Å²) in [6.45, 7) is 6.92. The summed E-state index contributed by atoms with van der Waals surface area (Å²) in [4.78, 5) is 4.14. The monoisotopic (exact) mass is 247 g/mol. The molecule has 0 amide bonds. The van der Waals surface area contributed by atoms with E-state index in [1.54, 1.807) is 6.92 Å². The number of aromatic nitrogens is 2. The number of anilines is 1. The Labute approximate surface area is 106 Å². The van der Waals surface area contributed by atoms with Crippen molar-refractivity contribution in [3.8, 4) is 5.75 Å². The first kappa shape index (κ1) is 12.4. The van der Waals surface area contributed by atoms with E-state index in [4.69, 9.17) is 9.26 Å². The van der Waals surface area contributed by atoms with E-state index in [0.29, 0.717) is 24.9 Å². The van der Waals surface area contributed by atoms with Crippen molar-refractivity contribution < 1.29 is 9.26 Å². The maximum absolute atomic E-state index is 5.58. The van der Waals surface area contributed by atoms with Gasteiger partial charge in [0.25, 0.3) is 0 Å². The van der Waals surface area contributed by atoms with Crippen molar-refractivity contribution in [3.05, 3.63) is 35.5 Å². The van der Waals surface area contributed by atoms with Crippen LogP contribution in [0.5, 0.6) is 5.75 Å². The van der Waals surface area contributed by atoms with Crippen molar-refractivity contribution in [2.24, 2.45) is 0 Å². The maximum Gasteiger partial charge on any atom is 0.245 e. The van der Waals surface area contributed by atoms with E-state index < -0.39 is 0 Å². The van der Waals surface area contributed by atoms with Crippen LogP contribution in [0.2, 0.25) is 0 Å². The van der Waals surface area contributed by atoms with Gasteiger partial charge in [0.1, 0.15) is 5.75 Å². The molecule has 0 aliphatic rings. The summed E-state index contributed by atoms with van der Waals surface area (Å²) in [5.41, 5.74) is 2.09. The van der Waals surface area contributed by atoms with Crippen molar-refractivity contribution in [1.29, 1.82) is 0 Å². The molecule has 2 rings (SSSR count). The van der Waals surface area contributed by atoms with E-state index >= 15 is 0 Å². The third kappa shape index (κ3) is 3.00. The second kappa shape index (κ2) is 5.53. The number of benzene rings is 1. The van der Waals surface area contributed by atoms with E-state index in [2.05, 4.69) is 15.5 Å². The molecule has 0 atom stereocenters. The number of nitrogens with zero attached hydrogens (tertiary/aromatic N) is 2. The van der Waals surface area contributed by atoms with Crippen LogP contribution < -0.4 is 10.1 Å². The number of hydrogen-bond donors (Lipinski definition) is 1. The summed E-state index contributed by atoms with van der Waals surface area (Å²) in [6.07, 6.45) is 0. The van der Waals surface area contributed by atoms with Crippen LogP contribution in [0, 0.1) is 13.8 Å². The molecule has 1 heterocycles. The highest BCUT2D eigenvalue weighted by Crippen LogP contribution is 2.26. The highest BCUT2D eigenvalue weighted by Gasteiger charge is 2.06. The number of ether oxygens (including phenoxy) is 1. The zero-order valence-corrected chi connectivity index (χ0v) is 10.9. The fourth-order valence-corrected chi connectivity index (χ4v) is 1.63. The average molecular weight is 247 g/mol. The van der Waals surface area contributed by atoms with E-state index in [1.165, 1.54) is 0 Å². The van der Waals surface area contributed by atoms with Gasteiger partial charge < -0.3 is 14.6 Å². The van der Waals surface area contributed by atoms with Crippen molar-refractivity contribution >= 4 is 5.69 Å². The molecular formula is C13H17N3O2. The maximum atomic E-state index is 5.58. The largest absolute Gasteiger partial charge is 0.492 e. The summed E-state index contributed by atoms with van der Waals surface area (Å²) in [7, 11) is 0. The second-order valence-corrected chi connectivity index (χ2v) is 4.02. The fourth-order valence-electron chi connectivity index (χ4n) is 1.63. The first-order valence-electron chi connectivity index (χ1n) is 5.95. The molecule has 0 saturated carbocycles. The molecule has 0 radical (unpaired) electrons. The molecule has 0 aliphatic heterocycles. The Hall–Kier alpha value is -2.04. The third-order valence-corrected chi connectivity index (χ3v) is 2.44. The van der Waals surface area contributed by atoms with Crippen LogP contribution in [0.1, 0.15) is 24.2 Å². The third-order valence-electron chi connectivity index (χ3n) is 2.44. The Balaban J connectivity index is 2.08. The van der Waals surface area contributed by atoms with Crippen molar-refractivity contribution in [1.82, 2.24) is 10.1 Å². The Morgan fingerprint density at radius 1 is 1.33 bits per heavy atom. The number of hydrogen-bond acceptors (Lipinski definition) is 5. The molecule has 0 spiro atoms. The fraction of sp³-hybridized carbons (Fsp3) is 0.385. The van der Waals surface area contributed by atoms with Gasteiger partial charge in [-0.1, -0.05) is 11.2 Å². The number of nitrogens with one attached hydrogen (secondary N) is 1. The lowest BCUT2D eigenvalue weighted by Crippen LogP contribution is -2.03. The summed E-state index contributed by atoms with van der Waals surface area (Å²) < 4.78 is 10.6. The molecule has 0 bridgehead atoms. The predicted octanol–water partition coefficient (Wildman–Crippen LogP) is 2.70. The molecule has 18 heavy (non-hydrogen) atoms. The highest BCUT2D eigenvalue weighted by molar-refractivity contribution is 5.57. The average Bonchev–Trinajstić information content (AvgIpc) is 2.75. The van der Waals surface area contributed by atoms with Crippen LogP contribution in [-0.4, -0.2) is 16.7 Å². The standard InChI is InChI=1S/C13H17N3O2/c1-4-17-12-7-9(2)5-6-11(12)14-8-13-15-10(3)16-18-13/h5-7,14H,4,8H2,1-3H3. The topological polar surface area (TPSA) is 60.2 Å². The predicted molar refractivity (Wildman–Crippen MR) is 68.7 cm³/mol. The zero-order chi connectivity index (χ0) is 13.0. The van der Waals surface area contributed by atoms with Gasteiger partial charge in [-0.2, -0.15) is 4.98 Å². The molecule has 5 heteroatoms. The SMILES string of the molecule is CCOc1cc(C)ccc1NCc1nc(C)no1. The molecule has 0 unspecified atom stereocenters. The van der Waals surface area contributed by atoms with Gasteiger partial charge in [0.05, 0.1) is 18.8 Å². The first-order chi connectivity index (χ1) is 8.69. The van der Waals surface area contributed by atoms with Crippen LogP contribution in [-0.2, 0) is 6.54 Å². The summed E-state index contributed by atoms with van der Waals surface area (Å²) >= 11 is 0. The number of rotatable bonds is 5. The van der Waals surface area contributed by atoms with E-state index in [0.717, 1.165) is 17.0 Å². The van der Waals surface area contributed by atoms with E-state index in [1.807, 2.05) is 32.0 Å². The minimum Gasteiger partial charge on any atom is -0.492 e. The smallest absolute Gasteiger partial charge is 0.245 e. The van der Waals surface area contributed by atoms with Crippen LogP contribution in [0.25, 0.3) is 0 Å². The molecule has 0 saturated heterocycles.